The lowest BCUT2D eigenvalue weighted by Crippen LogP contribution is -2.22. The highest BCUT2D eigenvalue weighted by atomic mass is 32.2. The number of hydrogen-bond acceptors (Lipinski definition) is 5. The van der Waals surface area contributed by atoms with Gasteiger partial charge in [-0.3, -0.25) is 4.55 Å². The zero-order valence-electron chi connectivity index (χ0n) is 8.43. The fourth-order valence-corrected chi connectivity index (χ4v) is 0.853. The Bertz CT molecular complexity index is 249. The van der Waals surface area contributed by atoms with Crippen molar-refractivity contribution in [3.63, 3.8) is 0 Å². The summed E-state index contributed by atoms with van der Waals surface area (Å²) in [6, 6.07) is 0. The second kappa shape index (κ2) is 5.04. The summed E-state index contributed by atoms with van der Waals surface area (Å²) in [5.74, 6) is -0.493. The summed E-state index contributed by atoms with van der Waals surface area (Å²) in [5, 5.41) is 8.59. The summed E-state index contributed by atoms with van der Waals surface area (Å²) in [4.78, 5) is 0. The average Bonchev–Trinajstić information content (AvgIpc) is 2.26. The monoisotopic (exact) mass is 228 g/mol. The van der Waals surface area contributed by atoms with Crippen molar-refractivity contribution in [3.8, 4) is 0 Å². The van der Waals surface area contributed by atoms with Crippen molar-refractivity contribution in [2.75, 3.05) is 19.5 Å². The van der Waals surface area contributed by atoms with Crippen LogP contribution in [0.5, 0.6) is 0 Å². The molecule has 0 aromatic carbocycles. The second-order valence-electron chi connectivity index (χ2n) is 3.37. The Kier molecular flexibility index (Phi) is 4.96. The topological polar surface area (TPSA) is 93.1 Å². The largest absolute Gasteiger partial charge is 0.394 e. The van der Waals surface area contributed by atoms with E-state index in [2.05, 4.69) is 0 Å². The van der Waals surface area contributed by atoms with Gasteiger partial charge < -0.3 is 14.6 Å². The van der Waals surface area contributed by atoms with Crippen molar-refractivity contribution in [2.24, 2.45) is 0 Å². The molecule has 0 amide bonds. The van der Waals surface area contributed by atoms with Gasteiger partial charge in [-0.2, -0.15) is 8.42 Å². The number of hydrogen-bond donors (Lipinski definition) is 2. The normalized spacial score (nSPS) is 25.4. The zero-order chi connectivity index (χ0) is 11.4. The molecule has 0 saturated carbocycles. The summed E-state index contributed by atoms with van der Waals surface area (Å²) >= 11 is 0. The molecule has 2 N–H and O–H groups in total. The van der Waals surface area contributed by atoms with Crippen LogP contribution in [0.3, 0.4) is 0 Å². The maximum Gasteiger partial charge on any atom is 0.261 e. The zero-order valence-corrected chi connectivity index (χ0v) is 9.24. The first kappa shape index (κ1) is 13.8. The number of ether oxygens (including phenoxy) is 2. The molecule has 1 atom stereocenters. The Hall–Kier alpha value is -0.210. The van der Waals surface area contributed by atoms with Crippen LogP contribution >= 0.6 is 0 Å². The van der Waals surface area contributed by atoms with Gasteiger partial charge >= 0.3 is 0 Å². The molecule has 1 heterocycles. The predicted molar refractivity (Wildman–Crippen MR) is 49.5 cm³/mol. The summed E-state index contributed by atoms with van der Waals surface area (Å²) in [6.45, 7) is 4.22. The Morgan fingerprint density at radius 3 is 2.07 bits per heavy atom. The molecule has 86 valence electrons. The summed E-state index contributed by atoms with van der Waals surface area (Å²) in [6.07, 6.45) is 0.590. The molecule has 1 fully saturated rings. The van der Waals surface area contributed by atoms with E-state index in [1.165, 1.54) is 0 Å². The van der Waals surface area contributed by atoms with Crippen LogP contribution in [0.2, 0.25) is 0 Å². The average molecular weight is 228 g/mol. The van der Waals surface area contributed by atoms with Crippen molar-refractivity contribution in [1.82, 2.24) is 0 Å². The van der Waals surface area contributed by atoms with E-state index in [1.807, 2.05) is 13.8 Å². The van der Waals surface area contributed by atoms with Crippen molar-refractivity contribution < 1.29 is 27.6 Å². The molecule has 0 spiro atoms. The minimum absolute atomic E-state index is 0.0451. The highest BCUT2D eigenvalue weighted by molar-refractivity contribution is 7.85. The predicted octanol–water partition coefficient (Wildman–Crippen LogP) is -0.366. The van der Waals surface area contributed by atoms with Gasteiger partial charge in [0.2, 0.25) is 0 Å². The molecule has 0 bridgehead atoms. The quantitative estimate of drug-likeness (QED) is 0.595. The molecular formula is C7H16O6S. The molecule has 0 aromatic heterocycles. The highest BCUT2D eigenvalue weighted by Crippen LogP contribution is 2.21. The lowest BCUT2D eigenvalue weighted by Gasteiger charge is -2.15. The minimum Gasteiger partial charge on any atom is -0.394 e. The minimum atomic E-state index is -3.67. The SMILES string of the molecule is CC1(C)OC[C@@H](CO)O1.CS(=O)(=O)O. The number of aliphatic hydroxyl groups is 1. The first-order valence-electron chi connectivity index (χ1n) is 3.99. The lowest BCUT2D eigenvalue weighted by atomic mass is 10.4. The molecule has 0 radical (unpaired) electrons. The van der Waals surface area contributed by atoms with E-state index in [4.69, 9.17) is 19.1 Å². The summed E-state index contributed by atoms with van der Waals surface area (Å²) < 4.78 is 36.3. The molecule has 1 aliphatic rings. The van der Waals surface area contributed by atoms with E-state index in [-0.39, 0.29) is 12.7 Å². The Morgan fingerprint density at radius 2 is 1.93 bits per heavy atom. The van der Waals surface area contributed by atoms with Gasteiger partial charge in [0.1, 0.15) is 6.10 Å². The van der Waals surface area contributed by atoms with Gasteiger partial charge in [0.25, 0.3) is 10.1 Å². The molecule has 14 heavy (non-hydrogen) atoms. The van der Waals surface area contributed by atoms with Crippen LogP contribution in [-0.2, 0) is 19.6 Å². The first-order chi connectivity index (χ1) is 6.14. The molecule has 1 aliphatic heterocycles. The van der Waals surface area contributed by atoms with Crippen molar-refractivity contribution in [1.29, 1.82) is 0 Å². The molecule has 0 unspecified atom stereocenters. The van der Waals surface area contributed by atoms with E-state index < -0.39 is 15.9 Å². The van der Waals surface area contributed by atoms with Crippen LogP contribution in [0.25, 0.3) is 0 Å². The van der Waals surface area contributed by atoms with E-state index >= 15 is 0 Å². The Labute approximate surface area is 83.6 Å². The van der Waals surface area contributed by atoms with Gasteiger partial charge in [-0.15, -0.1) is 0 Å². The second-order valence-corrected chi connectivity index (χ2v) is 4.83. The molecule has 7 heteroatoms. The fourth-order valence-electron chi connectivity index (χ4n) is 0.853. The van der Waals surface area contributed by atoms with Crippen LogP contribution in [0.4, 0.5) is 0 Å². The highest BCUT2D eigenvalue weighted by Gasteiger charge is 2.31. The molecule has 1 saturated heterocycles. The third-order valence-electron chi connectivity index (χ3n) is 1.27. The van der Waals surface area contributed by atoms with Crippen molar-refractivity contribution in [3.05, 3.63) is 0 Å². The molecule has 6 nitrogen and oxygen atoms in total. The van der Waals surface area contributed by atoms with E-state index in [1.54, 1.807) is 0 Å². The first-order valence-corrected chi connectivity index (χ1v) is 5.84. The molecule has 0 aromatic rings. The van der Waals surface area contributed by atoms with Crippen LogP contribution < -0.4 is 0 Å². The van der Waals surface area contributed by atoms with Gasteiger partial charge in [0.15, 0.2) is 5.79 Å². The summed E-state index contributed by atoms with van der Waals surface area (Å²) in [7, 11) is -3.67. The summed E-state index contributed by atoms with van der Waals surface area (Å²) in [5.41, 5.74) is 0. The van der Waals surface area contributed by atoms with Gasteiger partial charge in [-0.05, 0) is 13.8 Å². The fraction of sp³-hybridized carbons (Fsp3) is 1.00. The van der Waals surface area contributed by atoms with Crippen molar-refractivity contribution in [2.45, 2.75) is 25.7 Å². The van der Waals surface area contributed by atoms with Gasteiger partial charge in [0.05, 0.1) is 19.5 Å². The Morgan fingerprint density at radius 1 is 1.50 bits per heavy atom. The third-order valence-corrected chi connectivity index (χ3v) is 1.27. The molecular weight excluding hydrogens is 212 g/mol. The van der Waals surface area contributed by atoms with Crippen LogP contribution in [0.1, 0.15) is 13.8 Å². The smallest absolute Gasteiger partial charge is 0.261 e. The van der Waals surface area contributed by atoms with E-state index in [0.717, 1.165) is 0 Å². The standard InChI is InChI=1S/C6H12O3.CH4O3S/c1-6(2)8-4-5(3-7)9-6;1-5(2,3)4/h5,7H,3-4H2,1-2H3;1H3,(H,2,3,4)/t5-;/m1./s1. The number of rotatable bonds is 1. The van der Waals surface area contributed by atoms with Crippen LogP contribution in [0, 0.1) is 0 Å². The van der Waals surface area contributed by atoms with Gasteiger partial charge in [-0.1, -0.05) is 0 Å². The lowest BCUT2D eigenvalue weighted by molar-refractivity contribution is -0.142. The number of aliphatic hydroxyl groups excluding tert-OH is 1. The Balaban J connectivity index is 0.000000292. The maximum atomic E-state index is 9.19. The third kappa shape index (κ3) is 8.39. The van der Waals surface area contributed by atoms with Gasteiger partial charge in [0, 0.05) is 0 Å². The molecule has 1 rings (SSSR count). The van der Waals surface area contributed by atoms with E-state index in [9.17, 15) is 8.42 Å². The maximum absolute atomic E-state index is 9.19. The molecule has 0 aliphatic carbocycles. The van der Waals surface area contributed by atoms with Crippen LogP contribution in [0.15, 0.2) is 0 Å². The van der Waals surface area contributed by atoms with E-state index in [0.29, 0.717) is 12.9 Å². The van der Waals surface area contributed by atoms with Crippen LogP contribution in [-0.4, -0.2) is 49.4 Å². The van der Waals surface area contributed by atoms with Gasteiger partial charge in [-0.25, -0.2) is 0 Å². The van der Waals surface area contributed by atoms with Crippen molar-refractivity contribution >= 4 is 10.1 Å².